The van der Waals surface area contributed by atoms with Gasteiger partial charge in [0.05, 0.1) is 11.2 Å². The fraction of sp³-hybridized carbons (Fsp3) is 0.222. The summed E-state index contributed by atoms with van der Waals surface area (Å²) in [7, 11) is 0. The topological polar surface area (TPSA) is 69.2 Å². The smallest absolute Gasteiger partial charge is 0.277 e. The molecular weight excluding hydrogens is 379 g/mol. The molecule has 0 atom stereocenters. The minimum Gasteiger partial charge on any atom is -0.484 e. The van der Waals surface area contributed by atoms with Gasteiger partial charge in [0, 0.05) is 16.7 Å². The van der Waals surface area contributed by atoms with Crippen molar-refractivity contribution in [2.75, 3.05) is 13.4 Å². The van der Waals surface area contributed by atoms with Gasteiger partial charge in [-0.05, 0) is 43.2 Å². The van der Waals surface area contributed by atoms with E-state index >= 15 is 0 Å². The predicted molar refractivity (Wildman–Crippen MR) is 99.7 cm³/mol. The maximum absolute atomic E-state index is 11.9. The van der Waals surface area contributed by atoms with Gasteiger partial charge in [0.2, 0.25) is 6.79 Å². The van der Waals surface area contributed by atoms with Gasteiger partial charge >= 0.3 is 0 Å². The van der Waals surface area contributed by atoms with Crippen LogP contribution >= 0.6 is 23.2 Å². The zero-order chi connectivity index (χ0) is 18.7. The fourth-order valence-electron chi connectivity index (χ4n) is 2.38. The second kappa shape index (κ2) is 7.85. The third-order valence-electron chi connectivity index (χ3n) is 3.66. The molecule has 0 aromatic heterocycles. The summed E-state index contributed by atoms with van der Waals surface area (Å²) in [6.45, 7) is 3.74. The highest BCUT2D eigenvalue weighted by Crippen LogP contribution is 2.36. The van der Waals surface area contributed by atoms with Gasteiger partial charge < -0.3 is 14.2 Å². The summed E-state index contributed by atoms with van der Waals surface area (Å²) < 4.78 is 16.0. The van der Waals surface area contributed by atoms with Crippen molar-refractivity contribution in [3.8, 4) is 17.2 Å². The number of ether oxygens (including phenoxy) is 3. The molecule has 0 saturated carbocycles. The molecule has 26 heavy (non-hydrogen) atoms. The number of carbonyl (C=O) groups excluding carboxylic acids is 1. The SMILES string of the molecule is Cc1cc(OCC(=O)N/N=C/c2cc3c(cc2Cl)OCO3)cc(C)c1Cl. The first-order chi connectivity index (χ1) is 12.4. The van der Waals surface area contributed by atoms with Gasteiger partial charge in [-0.1, -0.05) is 23.2 Å². The Bertz CT molecular complexity index is 861. The van der Waals surface area contributed by atoms with Crippen molar-refractivity contribution in [2.45, 2.75) is 13.8 Å². The summed E-state index contributed by atoms with van der Waals surface area (Å²) in [5.41, 5.74) is 4.76. The number of hydrazone groups is 1. The number of carbonyl (C=O) groups is 1. The Balaban J connectivity index is 1.55. The fourth-order valence-corrected chi connectivity index (χ4v) is 2.69. The number of benzene rings is 2. The Morgan fingerprint density at radius 1 is 1.19 bits per heavy atom. The highest BCUT2D eigenvalue weighted by Gasteiger charge is 2.15. The molecule has 1 heterocycles. The van der Waals surface area contributed by atoms with Crippen LogP contribution in [0.25, 0.3) is 0 Å². The first-order valence-corrected chi connectivity index (χ1v) is 8.50. The first kappa shape index (κ1) is 18.4. The molecule has 2 aromatic carbocycles. The molecule has 1 amide bonds. The van der Waals surface area contributed by atoms with Crippen LogP contribution < -0.4 is 19.6 Å². The van der Waals surface area contributed by atoms with E-state index in [9.17, 15) is 4.79 Å². The van der Waals surface area contributed by atoms with Crippen molar-refractivity contribution in [1.82, 2.24) is 5.43 Å². The van der Waals surface area contributed by atoms with Gasteiger partial charge in [-0.3, -0.25) is 4.79 Å². The van der Waals surface area contributed by atoms with Crippen LogP contribution in [0.4, 0.5) is 0 Å². The molecule has 2 aromatic rings. The first-order valence-electron chi connectivity index (χ1n) is 7.74. The van der Waals surface area contributed by atoms with Gasteiger partial charge in [-0.15, -0.1) is 0 Å². The molecule has 1 aliphatic rings. The van der Waals surface area contributed by atoms with E-state index < -0.39 is 5.91 Å². The lowest BCUT2D eigenvalue weighted by molar-refractivity contribution is -0.123. The highest BCUT2D eigenvalue weighted by molar-refractivity contribution is 6.33. The Morgan fingerprint density at radius 3 is 2.54 bits per heavy atom. The lowest BCUT2D eigenvalue weighted by Crippen LogP contribution is -2.24. The lowest BCUT2D eigenvalue weighted by atomic mass is 10.1. The predicted octanol–water partition coefficient (Wildman–Crippen LogP) is 3.87. The minimum atomic E-state index is -0.400. The summed E-state index contributed by atoms with van der Waals surface area (Å²) in [6.07, 6.45) is 1.43. The van der Waals surface area contributed by atoms with Crippen LogP contribution in [0.2, 0.25) is 10.0 Å². The van der Waals surface area contributed by atoms with Crippen molar-refractivity contribution >= 4 is 35.3 Å². The third kappa shape index (κ3) is 4.20. The van der Waals surface area contributed by atoms with Crippen molar-refractivity contribution in [3.05, 3.63) is 51.0 Å². The molecule has 0 bridgehead atoms. The number of rotatable bonds is 5. The molecule has 0 unspecified atom stereocenters. The Morgan fingerprint density at radius 2 is 1.85 bits per heavy atom. The molecule has 0 fully saturated rings. The normalized spacial score (nSPS) is 12.5. The second-order valence-electron chi connectivity index (χ2n) is 5.68. The number of halogens is 2. The number of hydrogen-bond donors (Lipinski definition) is 1. The van der Waals surface area contributed by atoms with E-state index in [1.165, 1.54) is 6.21 Å². The summed E-state index contributed by atoms with van der Waals surface area (Å²) in [5.74, 6) is 1.34. The van der Waals surface area contributed by atoms with Gasteiger partial charge in [-0.2, -0.15) is 5.10 Å². The van der Waals surface area contributed by atoms with Gasteiger partial charge in [0.15, 0.2) is 18.1 Å². The monoisotopic (exact) mass is 394 g/mol. The van der Waals surface area contributed by atoms with Gasteiger partial charge in [-0.25, -0.2) is 5.43 Å². The molecule has 1 aliphatic heterocycles. The Hall–Kier alpha value is -2.44. The average Bonchev–Trinajstić information content (AvgIpc) is 3.05. The van der Waals surface area contributed by atoms with Gasteiger partial charge in [0.1, 0.15) is 5.75 Å². The van der Waals surface area contributed by atoms with Crippen LogP contribution in [-0.4, -0.2) is 25.5 Å². The minimum absolute atomic E-state index is 0.157. The Labute approximate surface area is 160 Å². The molecule has 6 nitrogen and oxygen atoms in total. The summed E-state index contributed by atoms with van der Waals surface area (Å²) in [5, 5.41) is 5.01. The number of amides is 1. The number of aryl methyl sites for hydroxylation is 2. The molecule has 0 spiro atoms. The van der Waals surface area contributed by atoms with E-state index in [4.69, 9.17) is 37.4 Å². The van der Waals surface area contributed by atoms with E-state index in [-0.39, 0.29) is 13.4 Å². The van der Waals surface area contributed by atoms with Crippen molar-refractivity contribution < 1.29 is 19.0 Å². The lowest BCUT2D eigenvalue weighted by Gasteiger charge is -2.09. The molecule has 1 N–H and O–H groups in total. The zero-order valence-electron chi connectivity index (χ0n) is 14.1. The molecule has 0 radical (unpaired) electrons. The number of hydrogen-bond acceptors (Lipinski definition) is 5. The zero-order valence-corrected chi connectivity index (χ0v) is 15.6. The number of nitrogens with one attached hydrogen (secondary N) is 1. The van der Waals surface area contributed by atoms with Crippen molar-refractivity contribution in [1.29, 1.82) is 0 Å². The van der Waals surface area contributed by atoms with E-state index in [1.54, 1.807) is 24.3 Å². The largest absolute Gasteiger partial charge is 0.484 e. The third-order valence-corrected chi connectivity index (χ3v) is 4.59. The van der Waals surface area contributed by atoms with Crippen LogP contribution in [0.15, 0.2) is 29.4 Å². The summed E-state index contributed by atoms with van der Waals surface area (Å²) in [4.78, 5) is 11.9. The Kier molecular flexibility index (Phi) is 5.54. The van der Waals surface area contributed by atoms with Crippen LogP contribution in [0, 0.1) is 13.8 Å². The van der Waals surface area contributed by atoms with E-state index in [0.717, 1.165) is 11.1 Å². The molecule has 0 aliphatic carbocycles. The quantitative estimate of drug-likeness (QED) is 0.617. The molecule has 8 heteroatoms. The maximum atomic E-state index is 11.9. The van der Waals surface area contributed by atoms with Crippen molar-refractivity contribution in [3.63, 3.8) is 0 Å². The second-order valence-corrected chi connectivity index (χ2v) is 6.47. The average molecular weight is 395 g/mol. The van der Waals surface area contributed by atoms with Gasteiger partial charge in [0.25, 0.3) is 5.91 Å². The van der Waals surface area contributed by atoms with E-state index in [0.29, 0.717) is 32.9 Å². The number of nitrogens with zero attached hydrogens (tertiary/aromatic N) is 1. The summed E-state index contributed by atoms with van der Waals surface area (Å²) >= 11 is 12.2. The standard InChI is InChI=1S/C18H16Cl2N2O4/c1-10-3-13(4-11(2)18(10)20)24-8-17(23)22-21-7-12-5-15-16(6-14(12)19)26-9-25-15/h3-7H,8-9H2,1-2H3,(H,22,23)/b21-7+. The van der Waals surface area contributed by atoms with E-state index in [2.05, 4.69) is 10.5 Å². The molecular formula is C18H16Cl2N2O4. The summed E-state index contributed by atoms with van der Waals surface area (Å²) in [6, 6.07) is 6.88. The molecule has 3 rings (SSSR count). The molecule has 0 saturated heterocycles. The van der Waals surface area contributed by atoms with Crippen LogP contribution in [0.3, 0.4) is 0 Å². The van der Waals surface area contributed by atoms with Crippen molar-refractivity contribution in [2.24, 2.45) is 5.10 Å². The van der Waals surface area contributed by atoms with Crippen LogP contribution in [-0.2, 0) is 4.79 Å². The maximum Gasteiger partial charge on any atom is 0.277 e. The number of fused-ring (bicyclic) bond motifs is 1. The van der Waals surface area contributed by atoms with Crippen LogP contribution in [0.5, 0.6) is 17.2 Å². The van der Waals surface area contributed by atoms with E-state index in [1.807, 2.05) is 13.8 Å². The van der Waals surface area contributed by atoms with Crippen LogP contribution in [0.1, 0.15) is 16.7 Å². The highest BCUT2D eigenvalue weighted by atomic mass is 35.5. The molecule has 136 valence electrons.